The molecule has 1 rings (SSSR count). The van der Waals surface area contributed by atoms with Crippen LogP contribution in [0.1, 0.15) is 26.7 Å². The first-order chi connectivity index (χ1) is 7.70. The second-order valence-corrected chi connectivity index (χ2v) is 4.78. The third-order valence-electron chi connectivity index (χ3n) is 2.42. The van der Waals surface area contributed by atoms with Crippen molar-refractivity contribution >= 4 is 5.91 Å². The number of carbonyl (C=O) groups is 1. The Morgan fingerprint density at radius 3 is 2.69 bits per heavy atom. The number of hydrogen-bond acceptors (Lipinski definition) is 3. The van der Waals surface area contributed by atoms with Crippen molar-refractivity contribution in [2.75, 3.05) is 32.8 Å². The van der Waals surface area contributed by atoms with Gasteiger partial charge in [-0.15, -0.1) is 0 Å². The van der Waals surface area contributed by atoms with Crippen LogP contribution in [0.2, 0.25) is 0 Å². The minimum absolute atomic E-state index is 0.220. The van der Waals surface area contributed by atoms with Crippen LogP contribution in [0.4, 0.5) is 0 Å². The Hall–Kier alpha value is -0.610. The van der Waals surface area contributed by atoms with E-state index in [0.29, 0.717) is 11.8 Å². The standard InChI is InChI=1S/C12H24N2O2/c1-10(2)9-16-8-7-13-5-6-14-12(15)11-3-4-11/h10-11,13H,3-9H2,1-2H3,(H,14,15). The highest BCUT2D eigenvalue weighted by atomic mass is 16.5. The predicted octanol–water partition coefficient (Wildman–Crippen LogP) is 0.775. The van der Waals surface area contributed by atoms with Crippen LogP contribution in [-0.4, -0.2) is 38.8 Å². The summed E-state index contributed by atoms with van der Waals surface area (Å²) in [6.07, 6.45) is 2.14. The van der Waals surface area contributed by atoms with Gasteiger partial charge in [-0.05, 0) is 18.8 Å². The number of nitrogens with one attached hydrogen (secondary N) is 2. The third-order valence-corrected chi connectivity index (χ3v) is 2.42. The van der Waals surface area contributed by atoms with Crippen molar-refractivity contribution in [3.63, 3.8) is 0 Å². The molecule has 94 valence electrons. The Morgan fingerprint density at radius 1 is 1.31 bits per heavy atom. The maximum absolute atomic E-state index is 11.3. The molecule has 0 aromatic heterocycles. The lowest BCUT2D eigenvalue weighted by Gasteiger charge is -2.08. The van der Waals surface area contributed by atoms with Gasteiger partial charge < -0.3 is 15.4 Å². The van der Waals surface area contributed by atoms with Gasteiger partial charge in [0.1, 0.15) is 0 Å². The molecule has 4 nitrogen and oxygen atoms in total. The van der Waals surface area contributed by atoms with Crippen LogP contribution in [-0.2, 0) is 9.53 Å². The first-order valence-electron chi connectivity index (χ1n) is 6.26. The molecule has 16 heavy (non-hydrogen) atoms. The third kappa shape index (κ3) is 6.80. The smallest absolute Gasteiger partial charge is 0.223 e. The Labute approximate surface area is 98.1 Å². The zero-order valence-corrected chi connectivity index (χ0v) is 10.4. The van der Waals surface area contributed by atoms with Gasteiger partial charge in [0.15, 0.2) is 0 Å². The van der Waals surface area contributed by atoms with E-state index >= 15 is 0 Å². The molecule has 1 amide bonds. The highest BCUT2D eigenvalue weighted by Crippen LogP contribution is 2.28. The van der Waals surface area contributed by atoms with Crippen molar-refractivity contribution in [1.82, 2.24) is 10.6 Å². The molecule has 0 radical (unpaired) electrons. The van der Waals surface area contributed by atoms with Crippen LogP contribution in [0.15, 0.2) is 0 Å². The van der Waals surface area contributed by atoms with E-state index in [-0.39, 0.29) is 5.91 Å². The summed E-state index contributed by atoms with van der Waals surface area (Å²) in [5.74, 6) is 1.13. The van der Waals surface area contributed by atoms with Crippen molar-refractivity contribution in [2.24, 2.45) is 11.8 Å². The maximum Gasteiger partial charge on any atom is 0.223 e. The molecule has 1 aliphatic rings. The monoisotopic (exact) mass is 228 g/mol. The minimum atomic E-state index is 0.220. The van der Waals surface area contributed by atoms with E-state index in [4.69, 9.17) is 4.74 Å². The van der Waals surface area contributed by atoms with E-state index in [9.17, 15) is 4.79 Å². The van der Waals surface area contributed by atoms with Crippen LogP contribution < -0.4 is 10.6 Å². The molecule has 1 fully saturated rings. The van der Waals surface area contributed by atoms with Crippen LogP contribution >= 0.6 is 0 Å². The van der Waals surface area contributed by atoms with E-state index in [0.717, 1.165) is 45.7 Å². The molecular weight excluding hydrogens is 204 g/mol. The van der Waals surface area contributed by atoms with Gasteiger partial charge in [0, 0.05) is 32.2 Å². The van der Waals surface area contributed by atoms with Gasteiger partial charge in [-0.1, -0.05) is 13.8 Å². The Morgan fingerprint density at radius 2 is 2.06 bits per heavy atom. The lowest BCUT2D eigenvalue weighted by atomic mass is 10.2. The molecule has 0 spiro atoms. The van der Waals surface area contributed by atoms with Crippen LogP contribution in [0.5, 0.6) is 0 Å². The van der Waals surface area contributed by atoms with Crippen molar-refractivity contribution in [1.29, 1.82) is 0 Å². The summed E-state index contributed by atoms with van der Waals surface area (Å²) < 4.78 is 5.42. The highest BCUT2D eigenvalue weighted by Gasteiger charge is 2.28. The quantitative estimate of drug-likeness (QED) is 0.573. The predicted molar refractivity (Wildman–Crippen MR) is 64.3 cm³/mol. The van der Waals surface area contributed by atoms with Gasteiger partial charge in [0.05, 0.1) is 6.61 Å². The molecule has 0 unspecified atom stereocenters. The van der Waals surface area contributed by atoms with E-state index in [2.05, 4.69) is 24.5 Å². The SMILES string of the molecule is CC(C)COCCNCCNC(=O)C1CC1. The van der Waals surface area contributed by atoms with E-state index < -0.39 is 0 Å². The summed E-state index contributed by atoms with van der Waals surface area (Å²) in [6.45, 7) is 8.24. The molecule has 2 N–H and O–H groups in total. The molecule has 4 heteroatoms. The largest absolute Gasteiger partial charge is 0.380 e. The Balaban J connectivity index is 1.76. The maximum atomic E-state index is 11.3. The minimum Gasteiger partial charge on any atom is -0.380 e. The molecule has 0 aromatic rings. The Kier molecular flexibility index (Phi) is 6.42. The average Bonchev–Trinajstić information content (AvgIpc) is 3.04. The summed E-state index contributed by atoms with van der Waals surface area (Å²) >= 11 is 0. The second kappa shape index (κ2) is 7.63. The molecule has 0 aromatic carbocycles. The lowest BCUT2D eigenvalue weighted by molar-refractivity contribution is -0.122. The van der Waals surface area contributed by atoms with E-state index in [1.165, 1.54) is 0 Å². The topological polar surface area (TPSA) is 50.4 Å². The molecule has 0 bridgehead atoms. The average molecular weight is 228 g/mol. The zero-order valence-electron chi connectivity index (χ0n) is 10.4. The van der Waals surface area contributed by atoms with Crippen molar-refractivity contribution in [3.8, 4) is 0 Å². The van der Waals surface area contributed by atoms with Crippen molar-refractivity contribution in [2.45, 2.75) is 26.7 Å². The van der Waals surface area contributed by atoms with Gasteiger partial charge in [0.25, 0.3) is 0 Å². The second-order valence-electron chi connectivity index (χ2n) is 4.78. The summed E-state index contributed by atoms with van der Waals surface area (Å²) in [5, 5.41) is 6.15. The zero-order chi connectivity index (χ0) is 11.8. The van der Waals surface area contributed by atoms with Gasteiger partial charge in [-0.3, -0.25) is 4.79 Å². The fourth-order valence-electron chi connectivity index (χ4n) is 1.35. The van der Waals surface area contributed by atoms with Gasteiger partial charge >= 0.3 is 0 Å². The fourth-order valence-corrected chi connectivity index (χ4v) is 1.35. The summed E-state index contributed by atoms with van der Waals surface area (Å²) in [6, 6.07) is 0. The van der Waals surface area contributed by atoms with Crippen LogP contribution in [0.3, 0.4) is 0 Å². The first kappa shape index (κ1) is 13.5. The van der Waals surface area contributed by atoms with Crippen LogP contribution in [0, 0.1) is 11.8 Å². The summed E-state index contributed by atoms with van der Waals surface area (Å²) in [7, 11) is 0. The number of hydrogen-bond donors (Lipinski definition) is 2. The fraction of sp³-hybridized carbons (Fsp3) is 0.917. The first-order valence-corrected chi connectivity index (χ1v) is 6.26. The summed E-state index contributed by atoms with van der Waals surface area (Å²) in [5.41, 5.74) is 0. The molecular formula is C12H24N2O2. The number of rotatable bonds is 9. The van der Waals surface area contributed by atoms with Gasteiger partial charge in [0.2, 0.25) is 5.91 Å². The molecule has 1 saturated carbocycles. The van der Waals surface area contributed by atoms with E-state index in [1.807, 2.05) is 0 Å². The molecule has 0 saturated heterocycles. The number of carbonyl (C=O) groups excluding carboxylic acids is 1. The van der Waals surface area contributed by atoms with Gasteiger partial charge in [-0.2, -0.15) is 0 Å². The molecule has 0 atom stereocenters. The number of ether oxygens (including phenoxy) is 1. The summed E-state index contributed by atoms with van der Waals surface area (Å²) in [4.78, 5) is 11.3. The van der Waals surface area contributed by atoms with Crippen molar-refractivity contribution in [3.05, 3.63) is 0 Å². The van der Waals surface area contributed by atoms with E-state index in [1.54, 1.807) is 0 Å². The number of amides is 1. The Bertz CT molecular complexity index is 203. The molecule has 0 aliphatic heterocycles. The normalized spacial score (nSPS) is 15.4. The van der Waals surface area contributed by atoms with Crippen molar-refractivity contribution < 1.29 is 9.53 Å². The molecule has 1 aliphatic carbocycles. The highest BCUT2D eigenvalue weighted by molar-refractivity contribution is 5.80. The lowest BCUT2D eigenvalue weighted by Crippen LogP contribution is -2.33. The van der Waals surface area contributed by atoms with Gasteiger partial charge in [-0.25, -0.2) is 0 Å². The molecule has 0 heterocycles. The van der Waals surface area contributed by atoms with Crippen LogP contribution in [0.25, 0.3) is 0 Å².